The minimum atomic E-state index is -0.521. The zero-order chi connectivity index (χ0) is 20.5. The average molecular weight is 387 g/mol. The Bertz CT molecular complexity index is 1070. The van der Waals surface area contributed by atoms with Crippen molar-refractivity contribution in [1.82, 2.24) is 9.97 Å². The van der Waals surface area contributed by atoms with Crippen LogP contribution in [-0.2, 0) is 0 Å². The molecule has 1 aromatic heterocycles. The van der Waals surface area contributed by atoms with E-state index >= 15 is 0 Å². The van der Waals surface area contributed by atoms with Gasteiger partial charge >= 0.3 is 0 Å². The number of aromatic nitrogens is 2. The summed E-state index contributed by atoms with van der Waals surface area (Å²) < 4.78 is 5.63. The molecule has 0 aliphatic carbocycles. The topological polar surface area (TPSA) is 103 Å². The van der Waals surface area contributed by atoms with Crippen LogP contribution in [0.4, 0.5) is 5.95 Å². The van der Waals surface area contributed by atoms with Crippen molar-refractivity contribution in [2.45, 2.75) is 19.8 Å². The van der Waals surface area contributed by atoms with Gasteiger partial charge in [0, 0.05) is 5.56 Å². The van der Waals surface area contributed by atoms with Gasteiger partial charge in [0.25, 0.3) is 5.56 Å². The van der Waals surface area contributed by atoms with Crippen molar-refractivity contribution in [3.8, 4) is 23.1 Å². The molecule has 0 amide bonds. The average Bonchev–Trinajstić information content (AvgIpc) is 2.75. The Hall–Kier alpha value is -3.92. The monoisotopic (exact) mass is 387 g/mol. The van der Waals surface area contributed by atoms with Gasteiger partial charge in [-0.15, -0.1) is 0 Å². The summed E-state index contributed by atoms with van der Waals surface area (Å²) in [5.74, 6) is 0.970. The molecule has 1 heterocycles. The first-order valence-electron chi connectivity index (χ1n) is 9.33. The first kappa shape index (κ1) is 19.8. The number of ether oxygens (including phenoxy) is 1. The van der Waals surface area contributed by atoms with E-state index in [1.807, 2.05) is 48.5 Å². The third-order valence-electron chi connectivity index (χ3n) is 4.11. The molecule has 146 valence electrons. The fourth-order valence-electron chi connectivity index (χ4n) is 2.59. The van der Waals surface area contributed by atoms with Gasteiger partial charge in [0.15, 0.2) is 0 Å². The van der Waals surface area contributed by atoms with E-state index in [0.717, 1.165) is 24.2 Å². The van der Waals surface area contributed by atoms with Crippen molar-refractivity contribution in [3.63, 3.8) is 0 Å². The van der Waals surface area contributed by atoms with Crippen molar-refractivity contribution in [2.75, 3.05) is 12.0 Å². The van der Waals surface area contributed by atoms with Crippen LogP contribution < -0.4 is 15.7 Å². The number of hydrogen-bond donors (Lipinski definition) is 2. The molecular formula is C22H21N5O2. The summed E-state index contributed by atoms with van der Waals surface area (Å²) in [5.41, 5.74) is 4.01. The number of H-pyrrole nitrogens is 1. The fraction of sp³-hybridized carbons (Fsp3) is 0.182. The molecule has 2 N–H and O–H groups in total. The zero-order valence-corrected chi connectivity index (χ0v) is 16.1. The summed E-state index contributed by atoms with van der Waals surface area (Å²) in [6.45, 7) is 2.82. The third-order valence-corrected chi connectivity index (χ3v) is 4.11. The van der Waals surface area contributed by atoms with Gasteiger partial charge in [0.2, 0.25) is 5.95 Å². The summed E-state index contributed by atoms with van der Waals surface area (Å²) in [5, 5.41) is 13.4. The van der Waals surface area contributed by atoms with E-state index < -0.39 is 5.56 Å². The van der Waals surface area contributed by atoms with Crippen LogP contribution in [0.2, 0.25) is 0 Å². The molecule has 0 atom stereocenters. The number of benzene rings is 2. The largest absolute Gasteiger partial charge is 0.494 e. The maximum Gasteiger partial charge on any atom is 0.270 e. The third kappa shape index (κ3) is 5.30. The van der Waals surface area contributed by atoms with E-state index in [9.17, 15) is 10.1 Å². The second-order valence-electron chi connectivity index (χ2n) is 6.26. The van der Waals surface area contributed by atoms with Crippen LogP contribution in [0.5, 0.6) is 5.75 Å². The molecule has 3 aromatic rings. The second kappa shape index (κ2) is 9.85. The Morgan fingerprint density at radius 1 is 1.21 bits per heavy atom. The molecule has 7 nitrogen and oxygen atoms in total. The molecule has 29 heavy (non-hydrogen) atoms. The number of nitrogens with one attached hydrogen (secondary N) is 2. The predicted molar refractivity (Wildman–Crippen MR) is 113 cm³/mol. The quantitative estimate of drug-likeness (QED) is 0.346. The van der Waals surface area contributed by atoms with Crippen LogP contribution in [0.3, 0.4) is 0 Å². The summed E-state index contributed by atoms with van der Waals surface area (Å²) in [6, 6.07) is 18.5. The van der Waals surface area contributed by atoms with E-state index in [1.54, 1.807) is 18.3 Å². The first-order chi connectivity index (χ1) is 14.2. The minimum Gasteiger partial charge on any atom is -0.494 e. The number of unbranched alkanes of at least 4 members (excludes halogenated alkanes) is 1. The number of nitrogens with zero attached hydrogens (tertiary/aromatic N) is 3. The maximum absolute atomic E-state index is 12.2. The van der Waals surface area contributed by atoms with Gasteiger partial charge in [0.05, 0.1) is 18.5 Å². The van der Waals surface area contributed by atoms with E-state index in [-0.39, 0.29) is 11.5 Å². The van der Waals surface area contributed by atoms with Crippen molar-refractivity contribution in [2.24, 2.45) is 5.10 Å². The number of anilines is 1. The van der Waals surface area contributed by atoms with Crippen LogP contribution in [0.15, 0.2) is 64.5 Å². The van der Waals surface area contributed by atoms with Crippen LogP contribution in [0, 0.1) is 11.3 Å². The van der Waals surface area contributed by atoms with Crippen molar-refractivity contribution >= 4 is 12.2 Å². The van der Waals surface area contributed by atoms with Gasteiger partial charge in [-0.3, -0.25) is 9.78 Å². The number of hydrogen-bond acceptors (Lipinski definition) is 6. The summed E-state index contributed by atoms with van der Waals surface area (Å²) in [6.07, 6.45) is 3.72. The van der Waals surface area contributed by atoms with E-state index in [0.29, 0.717) is 17.9 Å². The Balaban J connectivity index is 1.73. The lowest BCUT2D eigenvalue weighted by Crippen LogP contribution is -2.16. The Kier molecular flexibility index (Phi) is 6.74. The van der Waals surface area contributed by atoms with Gasteiger partial charge < -0.3 is 4.74 Å². The Labute approximate surface area is 168 Å². The Morgan fingerprint density at radius 2 is 1.97 bits per heavy atom. The lowest BCUT2D eigenvalue weighted by Gasteiger charge is -2.06. The Morgan fingerprint density at radius 3 is 2.66 bits per heavy atom. The highest BCUT2D eigenvalue weighted by Gasteiger charge is 2.12. The lowest BCUT2D eigenvalue weighted by atomic mass is 10.1. The number of rotatable bonds is 8. The molecule has 0 saturated heterocycles. The summed E-state index contributed by atoms with van der Waals surface area (Å²) >= 11 is 0. The highest BCUT2D eigenvalue weighted by Crippen LogP contribution is 2.19. The molecule has 0 unspecified atom stereocenters. The number of hydrazone groups is 1. The molecule has 2 aromatic carbocycles. The molecule has 0 aliphatic rings. The minimum absolute atomic E-state index is 0.0376. The highest BCUT2D eigenvalue weighted by atomic mass is 16.5. The molecule has 0 aliphatic heterocycles. The van der Waals surface area contributed by atoms with Crippen LogP contribution in [0.1, 0.15) is 30.9 Å². The molecule has 0 radical (unpaired) electrons. The molecule has 0 spiro atoms. The highest BCUT2D eigenvalue weighted by molar-refractivity contribution is 5.80. The van der Waals surface area contributed by atoms with Gasteiger partial charge in [-0.25, -0.2) is 10.4 Å². The molecule has 0 saturated carbocycles. The predicted octanol–water partition coefficient (Wildman–Crippen LogP) is 3.93. The van der Waals surface area contributed by atoms with Gasteiger partial charge in [-0.2, -0.15) is 10.4 Å². The standard InChI is InChI=1S/C22H21N5O2/c1-2-3-13-29-18-11-9-16(10-12-18)15-24-27-22-25-20(17-7-5-4-6-8-17)19(14-23)21(28)26-22/h4-12,15H,2-3,13H2,1H3,(H2,25,26,27,28). The van der Waals surface area contributed by atoms with Gasteiger partial charge in [0.1, 0.15) is 17.4 Å². The summed E-state index contributed by atoms with van der Waals surface area (Å²) in [7, 11) is 0. The summed E-state index contributed by atoms with van der Waals surface area (Å²) in [4.78, 5) is 19.1. The molecular weight excluding hydrogens is 366 g/mol. The van der Waals surface area contributed by atoms with Crippen molar-refractivity contribution < 1.29 is 4.74 Å². The van der Waals surface area contributed by atoms with Crippen molar-refractivity contribution in [3.05, 3.63) is 76.1 Å². The molecule has 3 rings (SSSR count). The number of nitriles is 1. The normalized spacial score (nSPS) is 10.6. The second-order valence-corrected chi connectivity index (χ2v) is 6.26. The number of aromatic amines is 1. The molecule has 0 fully saturated rings. The van der Waals surface area contributed by atoms with E-state index in [2.05, 4.69) is 27.4 Å². The molecule has 7 heteroatoms. The fourth-order valence-corrected chi connectivity index (χ4v) is 2.59. The van der Waals surface area contributed by atoms with Gasteiger partial charge in [-0.1, -0.05) is 43.7 Å². The van der Waals surface area contributed by atoms with E-state index in [1.165, 1.54) is 0 Å². The van der Waals surface area contributed by atoms with Crippen LogP contribution >= 0.6 is 0 Å². The van der Waals surface area contributed by atoms with Gasteiger partial charge in [-0.05, 0) is 36.2 Å². The SMILES string of the molecule is CCCCOc1ccc(C=NNc2nc(-c3ccccc3)c(C#N)c(=O)[nH]2)cc1. The van der Waals surface area contributed by atoms with Crippen LogP contribution in [-0.4, -0.2) is 22.8 Å². The zero-order valence-electron chi connectivity index (χ0n) is 16.1. The molecule has 0 bridgehead atoms. The van der Waals surface area contributed by atoms with Crippen molar-refractivity contribution in [1.29, 1.82) is 5.26 Å². The van der Waals surface area contributed by atoms with E-state index in [4.69, 9.17) is 4.74 Å². The maximum atomic E-state index is 12.2. The smallest absolute Gasteiger partial charge is 0.270 e. The lowest BCUT2D eigenvalue weighted by molar-refractivity contribution is 0.309. The van der Waals surface area contributed by atoms with Crippen LogP contribution in [0.25, 0.3) is 11.3 Å². The first-order valence-corrected chi connectivity index (χ1v) is 9.33.